The number of benzene rings is 1. The smallest absolute Gasteiger partial charge is 0.0177 e. The lowest BCUT2D eigenvalue weighted by atomic mass is 9.82. The van der Waals surface area contributed by atoms with Gasteiger partial charge in [0.15, 0.2) is 0 Å². The number of halogens is 2. The molecule has 0 aromatic heterocycles. The van der Waals surface area contributed by atoms with E-state index in [0.29, 0.717) is 5.41 Å². The Morgan fingerprint density at radius 1 is 1.20 bits per heavy atom. The van der Waals surface area contributed by atoms with Crippen LogP contribution in [-0.2, 0) is 6.42 Å². The van der Waals surface area contributed by atoms with E-state index in [1.54, 1.807) is 0 Å². The van der Waals surface area contributed by atoms with Gasteiger partial charge in [0.05, 0.1) is 0 Å². The molecule has 82 valence electrons. The fraction of sp³-hybridized carbons (Fsp3) is 0.538. The van der Waals surface area contributed by atoms with Crippen LogP contribution in [0.15, 0.2) is 28.7 Å². The molecule has 2 heteroatoms. The van der Waals surface area contributed by atoms with Crippen molar-refractivity contribution >= 4 is 31.9 Å². The molecule has 1 fully saturated rings. The third-order valence-corrected chi connectivity index (χ3v) is 5.10. The lowest BCUT2D eigenvalue weighted by molar-refractivity contribution is 0.346. The third kappa shape index (κ3) is 2.85. The fourth-order valence-electron chi connectivity index (χ4n) is 2.56. The first kappa shape index (κ1) is 11.7. The molecule has 0 heterocycles. The molecule has 0 radical (unpaired) electrons. The van der Waals surface area contributed by atoms with E-state index in [1.807, 2.05) is 0 Å². The van der Waals surface area contributed by atoms with Crippen molar-refractivity contribution in [1.82, 2.24) is 0 Å². The zero-order chi connectivity index (χ0) is 10.7. The second-order valence-electron chi connectivity index (χ2n) is 4.65. The minimum absolute atomic E-state index is 0.529. The molecule has 0 saturated heterocycles. The Hall–Kier alpha value is 0.180. The average molecular weight is 332 g/mol. The highest BCUT2D eigenvalue weighted by Crippen LogP contribution is 2.42. The molecule has 1 aliphatic carbocycles. The van der Waals surface area contributed by atoms with E-state index in [9.17, 15) is 0 Å². The Bertz CT molecular complexity index is 327. The zero-order valence-corrected chi connectivity index (χ0v) is 12.0. The molecule has 2 rings (SSSR count). The van der Waals surface area contributed by atoms with Crippen LogP contribution in [0.3, 0.4) is 0 Å². The molecule has 0 unspecified atom stereocenters. The molecule has 0 amide bonds. The van der Waals surface area contributed by atoms with Crippen molar-refractivity contribution < 1.29 is 0 Å². The molecule has 0 nitrogen and oxygen atoms in total. The minimum atomic E-state index is 0.529. The topological polar surface area (TPSA) is 0 Å². The fourth-order valence-corrected chi connectivity index (χ4v) is 3.77. The van der Waals surface area contributed by atoms with Crippen molar-refractivity contribution in [3.8, 4) is 0 Å². The highest BCUT2D eigenvalue weighted by molar-refractivity contribution is 9.10. The summed E-state index contributed by atoms with van der Waals surface area (Å²) in [6.45, 7) is 0. The maximum atomic E-state index is 3.70. The molecule has 0 spiro atoms. The van der Waals surface area contributed by atoms with Gasteiger partial charge in [0.2, 0.25) is 0 Å². The highest BCUT2D eigenvalue weighted by atomic mass is 79.9. The molecule has 1 saturated carbocycles. The van der Waals surface area contributed by atoms with Crippen molar-refractivity contribution in [1.29, 1.82) is 0 Å². The van der Waals surface area contributed by atoms with Gasteiger partial charge in [-0.3, -0.25) is 0 Å². The largest absolute Gasteiger partial charge is 0.0922 e. The summed E-state index contributed by atoms with van der Waals surface area (Å²) in [6, 6.07) is 8.73. The number of hydrogen-bond donors (Lipinski definition) is 0. The van der Waals surface area contributed by atoms with Crippen LogP contribution in [0.25, 0.3) is 0 Å². The monoisotopic (exact) mass is 330 g/mol. The number of rotatable bonds is 3. The van der Waals surface area contributed by atoms with Crippen molar-refractivity contribution in [2.75, 3.05) is 5.33 Å². The Morgan fingerprint density at radius 3 is 2.53 bits per heavy atom. The molecule has 15 heavy (non-hydrogen) atoms. The summed E-state index contributed by atoms with van der Waals surface area (Å²) in [5, 5.41) is 1.15. The van der Waals surface area contributed by atoms with Gasteiger partial charge in [0, 0.05) is 9.80 Å². The quantitative estimate of drug-likeness (QED) is 0.688. The zero-order valence-electron chi connectivity index (χ0n) is 8.81. The highest BCUT2D eigenvalue weighted by Gasteiger charge is 2.32. The van der Waals surface area contributed by atoms with Crippen LogP contribution in [-0.4, -0.2) is 5.33 Å². The van der Waals surface area contributed by atoms with Gasteiger partial charge in [-0.1, -0.05) is 56.8 Å². The maximum absolute atomic E-state index is 3.70. The van der Waals surface area contributed by atoms with Crippen LogP contribution < -0.4 is 0 Å². The normalized spacial score (nSPS) is 19.3. The lowest BCUT2D eigenvalue weighted by Gasteiger charge is -2.26. The summed E-state index contributed by atoms with van der Waals surface area (Å²) in [5.74, 6) is 0. The summed E-state index contributed by atoms with van der Waals surface area (Å²) >= 11 is 7.24. The van der Waals surface area contributed by atoms with E-state index < -0.39 is 0 Å². The van der Waals surface area contributed by atoms with E-state index >= 15 is 0 Å². The molecule has 1 aromatic carbocycles. The van der Waals surface area contributed by atoms with Crippen molar-refractivity contribution in [2.45, 2.75) is 32.1 Å². The van der Waals surface area contributed by atoms with Crippen molar-refractivity contribution in [2.24, 2.45) is 5.41 Å². The molecule has 0 bridgehead atoms. The van der Waals surface area contributed by atoms with Gasteiger partial charge in [-0.05, 0) is 42.4 Å². The first-order valence-electron chi connectivity index (χ1n) is 5.55. The molecule has 0 atom stereocenters. The van der Waals surface area contributed by atoms with E-state index in [2.05, 4.69) is 56.1 Å². The van der Waals surface area contributed by atoms with Crippen LogP contribution in [0.2, 0.25) is 0 Å². The Balaban J connectivity index is 2.12. The molecule has 0 N–H and O–H groups in total. The summed E-state index contributed by atoms with van der Waals surface area (Å²) in [7, 11) is 0. The van der Waals surface area contributed by atoms with Gasteiger partial charge in [-0.15, -0.1) is 0 Å². The molecule has 0 aliphatic heterocycles. The van der Waals surface area contributed by atoms with Crippen molar-refractivity contribution in [3.05, 3.63) is 34.3 Å². The lowest BCUT2D eigenvalue weighted by Crippen LogP contribution is -2.21. The number of hydrogen-bond acceptors (Lipinski definition) is 0. The van der Waals surface area contributed by atoms with Gasteiger partial charge < -0.3 is 0 Å². The number of alkyl halides is 1. The Labute approximate surface area is 109 Å². The van der Waals surface area contributed by atoms with Crippen LogP contribution in [0.5, 0.6) is 0 Å². The SMILES string of the molecule is BrCC1(Cc2cccc(Br)c2)CCCC1. The van der Waals surface area contributed by atoms with Gasteiger partial charge in [0.25, 0.3) is 0 Å². The summed E-state index contributed by atoms with van der Waals surface area (Å²) in [5.41, 5.74) is 1.99. The summed E-state index contributed by atoms with van der Waals surface area (Å²) < 4.78 is 1.20. The summed E-state index contributed by atoms with van der Waals surface area (Å²) in [4.78, 5) is 0. The molecule has 1 aliphatic rings. The first-order chi connectivity index (χ1) is 7.24. The minimum Gasteiger partial charge on any atom is -0.0922 e. The molecular weight excluding hydrogens is 316 g/mol. The van der Waals surface area contributed by atoms with Crippen LogP contribution >= 0.6 is 31.9 Å². The Morgan fingerprint density at radius 2 is 1.93 bits per heavy atom. The maximum Gasteiger partial charge on any atom is 0.0177 e. The van der Waals surface area contributed by atoms with Gasteiger partial charge in [-0.25, -0.2) is 0 Å². The predicted octanol–water partition coefficient (Wildman–Crippen LogP) is 4.95. The average Bonchev–Trinajstić information content (AvgIpc) is 2.67. The third-order valence-electron chi connectivity index (χ3n) is 3.42. The van der Waals surface area contributed by atoms with Gasteiger partial charge >= 0.3 is 0 Å². The van der Waals surface area contributed by atoms with E-state index in [-0.39, 0.29) is 0 Å². The second kappa shape index (κ2) is 5.01. The first-order valence-corrected chi connectivity index (χ1v) is 7.46. The van der Waals surface area contributed by atoms with Gasteiger partial charge in [-0.2, -0.15) is 0 Å². The molecule has 1 aromatic rings. The van der Waals surface area contributed by atoms with E-state index in [1.165, 1.54) is 42.1 Å². The summed E-state index contributed by atoms with van der Waals surface area (Å²) in [6.07, 6.45) is 6.78. The van der Waals surface area contributed by atoms with Gasteiger partial charge in [0.1, 0.15) is 0 Å². The van der Waals surface area contributed by atoms with Crippen LogP contribution in [0.4, 0.5) is 0 Å². The Kier molecular flexibility index (Phi) is 3.89. The van der Waals surface area contributed by atoms with Crippen molar-refractivity contribution in [3.63, 3.8) is 0 Å². The van der Waals surface area contributed by atoms with E-state index in [0.717, 1.165) is 5.33 Å². The molecular formula is C13H16Br2. The second-order valence-corrected chi connectivity index (χ2v) is 6.12. The van der Waals surface area contributed by atoms with Crippen LogP contribution in [0.1, 0.15) is 31.2 Å². The standard InChI is InChI=1S/C13H16Br2/c14-10-13(6-1-2-7-13)9-11-4-3-5-12(15)8-11/h3-5,8H,1-2,6-7,9-10H2. The van der Waals surface area contributed by atoms with Crippen LogP contribution in [0, 0.1) is 5.41 Å². The predicted molar refractivity (Wildman–Crippen MR) is 72.5 cm³/mol. The van der Waals surface area contributed by atoms with E-state index in [4.69, 9.17) is 0 Å².